The largest absolute Gasteiger partial charge is 0.481 e. The third kappa shape index (κ3) is 3.35. The number of carbonyl (C=O) groups is 1. The van der Waals surface area contributed by atoms with Crippen LogP contribution in [0.4, 0.5) is 5.69 Å². The van der Waals surface area contributed by atoms with Crippen LogP contribution >= 0.6 is 0 Å². The lowest BCUT2D eigenvalue weighted by Gasteiger charge is -2.17. The van der Waals surface area contributed by atoms with Gasteiger partial charge in [0.1, 0.15) is 5.75 Å². The Morgan fingerprint density at radius 3 is 2.75 bits per heavy atom. The molecule has 4 heteroatoms. The summed E-state index contributed by atoms with van der Waals surface area (Å²) in [5.74, 6) is 0.540. The molecule has 1 amide bonds. The molecule has 0 aliphatic rings. The molecule has 104 valence electrons. The maximum absolute atomic E-state index is 12.0. The summed E-state index contributed by atoms with van der Waals surface area (Å²) in [4.78, 5) is 16.0. The predicted molar refractivity (Wildman–Crippen MR) is 78.9 cm³/mol. The highest BCUT2D eigenvalue weighted by molar-refractivity contribution is 5.93. The number of amides is 1. The molecule has 4 nitrogen and oxygen atoms in total. The Labute approximate surface area is 118 Å². The molecule has 0 saturated heterocycles. The van der Waals surface area contributed by atoms with Gasteiger partial charge in [-0.2, -0.15) is 0 Å². The van der Waals surface area contributed by atoms with Crippen molar-refractivity contribution in [3.63, 3.8) is 0 Å². The number of hydrogen-bond donors (Lipinski definition) is 1. The number of pyridine rings is 1. The van der Waals surface area contributed by atoms with E-state index in [2.05, 4.69) is 10.3 Å². The fourth-order valence-corrected chi connectivity index (χ4v) is 1.78. The van der Waals surface area contributed by atoms with Crippen molar-refractivity contribution < 1.29 is 9.53 Å². The maximum atomic E-state index is 12.0. The van der Waals surface area contributed by atoms with E-state index in [1.807, 2.05) is 32.0 Å². The van der Waals surface area contributed by atoms with Gasteiger partial charge in [0.25, 0.3) is 5.91 Å². The highest BCUT2D eigenvalue weighted by atomic mass is 16.5. The van der Waals surface area contributed by atoms with Crippen molar-refractivity contribution in [3.05, 3.63) is 53.9 Å². The monoisotopic (exact) mass is 270 g/mol. The second-order valence-electron chi connectivity index (χ2n) is 4.69. The van der Waals surface area contributed by atoms with Crippen LogP contribution in [-0.2, 0) is 4.79 Å². The molecule has 1 atom stereocenters. The van der Waals surface area contributed by atoms with Gasteiger partial charge in [0.05, 0.1) is 11.9 Å². The number of ether oxygens (including phenoxy) is 1. The van der Waals surface area contributed by atoms with Crippen molar-refractivity contribution in [2.75, 3.05) is 5.32 Å². The van der Waals surface area contributed by atoms with Gasteiger partial charge in [-0.05, 0) is 50.1 Å². The third-order valence-electron chi connectivity index (χ3n) is 3.16. The van der Waals surface area contributed by atoms with E-state index >= 15 is 0 Å². The molecule has 0 aliphatic carbocycles. The summed E-state index contributed by atoms with van der Waals surface area (Å²) in [5, 5.41) is 2.77. The first-order valence-electron chi connectivity index (χ1n) is 6.51. The van der Waals surface area contributed by atoms with Crippen molar-refractivity contribution >= 4 is 11.6 Å². The Morgan fingerprint density at radius 2 is 2.05 bits per heavy atom. The van der Waals surface area contributed by atoms with E-state index in [1.54, 1.807) is 31.5 Å². The molecule has 1 heterocycles. The summed E-state index contributed by atoms with van der Waals surface area (Å²) < 4.78 is 5.73. The summed E-state index contributed by atoms with van der Waals surface area (Å²) in [6.45, 7) is 5.73. The lowest BCUT2D eigenvalue weighted by atomic mass is 10.1. The summed E-state index contributed by atoms with van der Waals surface area (Å²) in [6, 6.07) is 9.36. The summed E-state index contributed by atoms with van der Waals surface area (Å²) in [7, 11) is 0. The molecule has 1 N–H and O–H groups in total. The van der Waals surface area contributed by atoms with Crippen LogP contribution < -0.4 is 10.1 Å². The van der Waals surface area contributed by atoms with E-state index in [4.69, 9.17) is 4.74 Å². The molecule has 0 bridgehead atoms. The summed E-state index contributed by atoms with van der Waals surface area (Å²) >= 11 is 0. The first kappa shape index (κ1) is 14.1. The summed E-state index contributed by atoms with van der Waals surface area (Å²) in [5.41, 5.74) is 2.85. The molecular weight excluding hydrogens is 252 g/mol. The topological polar surface area (TPSA) is 51.2 Å². The van der Waals surface area contributed by atoms with Gasteiger partial charge < -0.3 is 10.1 Å². The molecule has 2 rings (SSSR count). The zero-order valence-corrected chi connectivity index (χ0v) is 11.9. The van der Waals surface area contributed by atoms with E-state index in [1.165, 1.54) is 0 Å². The number of carbonyl (C=O) groups excluding carboxylic acids is 1. The van der Waals surface area contributed by atoms with E-state index < -0.39 is 6.10 Å². The second kappa shape index (κ2) is 6.19. The minimum atomic E-state index is -0.573. The van der Waals surface area contributed by atoms with Crippen LogP contribution in [0.2, 0.25) is 0 Å². The molecule has 2 aromatic rings. The van der Waals surface area contributed by atoms with Crippen LogP contribution in [0.25, 0.3) is 0 Å². The van der Waals surface area contributed by atoms with Crippen molar-refractivity contribution in [2.24, 2.45) is 0 Å². The smallest absolute Gasteiger partial charge is 0.265 e. The van der Waals surface area contributed by atoms with Crippen molar-refractivity contribution in [3.8, 4) is 5.75 Å². The Morgan fingerprint density at radius 1 is 1.25 bits per heavy atom. The highest BCUT2D eigenvalue weighted by Crippen LogP contribution is 2.22. The molecule has 0 unspecified atom stereocenters. The van der Waals surface area contributed by atoms with Gasteiger partial charge in [-0.15, -0.1) is 0 Å². The quantitative estimate of drug-likeness (QED) is 0.928. The van der Waals surface area contributed by atoms with E-state index in [0.717, 1.165) is 16.9 Å². The van der Waals surface area contributed by atoms with Crippen molar-refractivity contribution in [1.82, 2.24) is 4.98 Å². The Bertz CT molecular complexity index is 597. The lowest BCUT2D eigenvalue weighted by Crippen LogP contribution is -2.30. The maximum Gasteiger partial charge on any atom is 0.265 e. The second-order valence-corrected chi connectivity index (χ2v) is 4.69. The number of benzene rings is 1. The SMILES string of the molecule is Cc1cccc(O[C@@H](C)C(=O)Nc2cccnc2)c1C. The zero-order valence-electron chi connectivity index (χ0n) is 11.9. The van der Waals surface area contributed by atoms with Crippen LogP contribution in [0, 0.1) is 13.8 Å². The average Bonchev–Trinajstić information content (AvgIpc) is 2.45. The minimum Gasteiger partial charge on any atom is -0.481 e. The van der Waals surface area contributed by atoms with E-state index in [9.17, 15) is 4.79 Å². The fraction of sp³-hybridized carbons (Fsp3) is 0.250. The molecule has 0 aliphatic heterocycles. The standard InChI is InChI=1S/C16H18N2O2/c1-11-6-4-8-15(12(11)2)20-13(3)16(19)18-14-7-5-9-17-10-14/h4-10,13H,1-3H3,(H,18,19)/t13-/m0/s1. The van der Waals surface area contributed by atoms with Gasteiger partial charge in [0.15, 0.2) is 6.10 Å². The fourth-order valence-electron chi connectivity index (χ4n) is 1.78. The highest BCUT2D eigenvalue weighted by Gasteiger charge is 2.16. The van der Waals surface area contributed by atoms with Gasteiger partial charge in [-0.3, -0.25) is 9.78 Å². The van der Waals surface area contributed by atoms with Crippen molar-refractivity contribution in [1.29, 1.82) is 0 Å². The Kier molecular flexibility index (Phi) is 4.35. The number of aromatic nitrogens is 1. The first-order valence-corrected chi connectivity index (χ1v) is 6.51. The van der Waals surface area contributed by atoms with E-state index in [-0.39, 0.29) is 5.91 Å². The minimum absolute atomic E-state index is 0.195. The van der Waals surface area contributed by atoms with Gasteiger partial charge in [0, 0.05) is 6.20 Å². The van der Waals surface area contributed by atoms with Gasteiger partial charge in [-0.1, -0.05) is 12.1 Å². The van der Waals surface area contributed by atoms with Crippen LogP contribution in [0.5, 0.6) is 5.75 Å². The number of hydrogen-bond acceptors (Lipinski definition) is 3. The van der Waals surface area contributed by atoms with Gasteiger partial charge in [-0.25, -0.2) is 0 Å². The third-order valence-corrected chi connectivity index (χ3v) is 3.16. The van der Waals surface area contributed by atoms with Crippen LogP contribution in [0.3, 0.4) is 0 Å². The molecule has 0 radical (unpaired) electrons. The molecule has 0 saturated carbocycles. The number of nitrogens with one attached hydrogen (secondary N) is 1. The van der Waals surface area contributed by atoms with Gasteiger partial charge in [0.2, 0.25) is 0 Å². The zero-order chi connectivity index (χ0) is 14.5. The first-order chi connectivity index (χ1) is 9.58. The predicted octanol–water partition coefficient (Wildman–Crippen LogP) is 3.10. The number of nitrogens with zero attached hydrogens (tertiary/aromatic N) is 1. The van der Waals surface area contributed by atoms with Gasteiger partial charge >= 0.3 is 0 Å². The Balaban J connectivity index is 2.03. The van der Waals surface area contributed by atoms with Crippen LogP contribution in [-0.4, -0.2) is 17.0 Å². The molecular formula is C16H18N2O2. The lowest BCUT2D eigenvalue weighted by molar-refractivity contribution is -0.122. The molecule has 0 fully saturated rings. The molecule has 1 aromatic carbocycles. The molecule has 1 aromatic heterocycles. The Hall–Kier alpha value is -2.36. The molecule has 0 spiro atoms. The molecule has 20 heavy (non-hydrogen) atoms. The van der Waals surface area contributed by atoms with Crippen molar-refractivity contribution in [2.45, 2.75) is 26.9 Å². The number of anilines is 1. The van der Waals surface area contributed by atoms with Crippen LogP contribution in [0.1, 0.15) is 18.1 Å². The normalized spacial score (nSPS) is 11.8. The van der Waals surface area contributed by atoms with E-state index in [0.29, 0.717) is 5.69 Å². The van der Waals surface area contributed by atoms with Crippen LogP contribution in [0.15, 0.2) is 42.7 Å². The average molecular weight is 270 g/mol. The summed E-state index contributed by atoms with van der Waals surface area (Å²) in [6.07, 6.45) is 2.68. The number of aryl methyl sites for hydroxylation is 1. The number of rotatable bonds is 4.